The van der Waals surface area contributed by atoms with E-state index in [1.807, 2.05) is 13.8 Å². The van der Waals surface area contributed by atoms with Crippen LogP contribution in [0.4, 0.5) is 9.18 Å². The summed E-state index contributed by atoms with van der Waals surface area (Å²) in [7, 11) is 0. The molecule has 0 saturated heterocycles. The molecule has 7 nitrogen and oxygen atoms in total. The summed E-state index contributed by atoms with van der Waals surface area (Å²) >= 11 is 0. The van der Waals surface area contributed by atoms with Gasteiger partial charge in [0.05, 0.1) is 18.7 Å². The van der Waals surface area contributed by atoms with Crippen LogP contribution in [0.3, 0.4) is 0 Å². The number of ether oxygens (including phenoxy) is 1. The second-order valence-corrected chi connectivity index (χ2v) is 6.16. The number of carbonyl (C=O) groups excluding carboxylic acids is 3. The molecule has 0 aliphatic rings. The molecule has 8 heteroatoms. The first-order chi connectivity index (χ1) is 12.3. The van der Waals surface area contributed by atoms with Crippen molar-refractivity contribution in [3.8, 4) is 0 Å². The zero-order chi connectivity index (χ0) is 19.5. The van der Waals surface area contributed by atoms with Gasteiger partial charge in [-0.15, -0.1) is 0 Å². The van der Waals surface area contributed by atoms with Gasteiger partial charge in [-0.25, -0.2) is 9.18 Å². The fraction of sp³-hybridized carbons (Fsp3) is 0.500. The van der Waals surface area contributed by atoms with Gasteiger partial charge in [-0.05, 0) is 31.4 Å². The van der Waals surface area contributed by atoms with Crippen LogP contribution in [-0.4, -0.2) is 43.6 Å². The van der Waals surface area contributed by atoms with Gasteiger partial charge in [0, 0.05) is 12.6 Å². The molecule has 0 aromatic heterocycles. The van der Waals surface area contributed by atoms with Crippen molar-refractivity contribution >= 4 is 17.9 Å². The van der Waals surface area contributed by atoms with Crippen molar-refractivity contribution in [2.75, 3.05) is 19.7 Å². The quantitative estimate of drug-likeness (QED) is 0.620. The summed E-state index contributed by atoms with van der Waals surface area (Å²) < 4.78 is 18.4. The van der Waals surface area contributed by atoms with E-state index >= 15 is 0 Å². The Morgan fingerprint density at radius 2 is 1.85 bits per heavy atom. The number of rotatable bonds is 9. The second-order valence-electron chi connectivity index (χ2n) is 6.16. The average molecular weight is 367 g/mol. The third kappa shape index (κ3) is 7.96. The Bertz CT molecular complexity index is 622. The zero-order valence-electron chi connectivity index (χ0n) is 15.3. The van der Waals surface area contributed by atoms with Gasteiger partial charge in [-0.3, -0.25) is 9.59 Å². The summed E-state index contributed by atoms with van der Waals surface area (Å²) in [5.41, 5.74) is -0.123. The van der Waals surface area contributed by atoms with Gasteiger partial charge in [0.2, 0.25) is 5.91 Å². The monoisotopic (exact) mass is 367 g/mol. The molecule has 3 amide bonds. The largest absolute Gasteiger partial charge is 0.450 e. The normalized spacial score (nSPS) is 11.6. The molecule has 3 N–H and O–H groups in total. The summed E-state index contributed by atoms with van der Waals surface area (Å²) in [6.07, 6.45) is 0.112. The third-order valence-corrected chi connectivity index (χ3v) is 3.43. The van der Waals surface area contributed by atoms with E-state index in [1.165, 1.54) is 24.3 Å². The molecule has 0 heterocycles. The predicted octanol–water partition coefficient (Wildman–Crippen LogP) is 1.83. The minimum absolute atomic E-state index is 0.123. The Kier molecular flexibility index (Phi) is 9.11. The van der Waals surface area contributed by atoms with Crippen LogP contribution in [0.5, 0.6) is 0 Å². The zero-order valence-corrected chi connectivity index (χ0v) is 15.3. The molecule has 0 aliphatic carbocycles. The van der Waals surface area contributed by atoms with Crippen LogP contribution in [0, 0.1) is 11.7 Å². The average Bonchev–Trinajstić information content (AvgIpc) is 2.57. The van der Waals surface area contributed by atoms with Gasteiger partial charge in [0.1, 0.15) is 5.82 Å². The highest BCUT2D eigenvalue weighted by atomic mass is 19.1. The van der Waals surface area contributed by atoms with E-state index in [2.05, 4.69) is 16.0 Å². The lowest BCUT2D eigenvalue weighted by atomic mass is 10.0. The molecule has 0 fully saturated rings. The number of benzene rings is 1. The molecule has 26 heavy (non-hydrogen) atoms. The molecule has 144 valence electrons. The van der Waals surface area contributed by atoms with Crippen LogP contribution in [-0.2, 0) is 9.53 Å². The molecule has 1 atom stereocenters. The van der Waals surface area contributed by atoms with E-state index in [9.17, 15) is 18.8 Å². The topological polar surface area (TPSA) is 96.5 Å². The lowest BCUT2D eigenvalue weighted by Crippen LogP contribution is -2.46. The molecule has 0 spiro atoms. The molecule has 0 bridgehead atoms. The maximum Gasteiger partial charge on any atom is 0.407 e. The Hall–Kier alpha value is -2.64. The fourth-order valence-corrected chi connectivity index (χ4v) is 2.30. The van der Waals surface area contributed by atoms with E-state index in [4.69, 9.17) is 4.74 Å². The number of halogens is 1. The highest BCUT2D eigenvalue weighted by Gasteiger charge is 2.16. The Balaban J connectivity index is 2.45. The summed E-state index contributed by atoms with van der Waals surface area (Å²) in [5, 5.41) is 7.69. The van der Waals surface area contributed by atoms with Crippen LogP contribution < -0.4 is 16.0 Å². The van der Waals surface area contributed by atoms with Gasteiger partial charge >= 0.3 is 6.09 Å². The highest BCUT2D eigenvalue weighted by Crippen LogP contribution is 2.06. The molecule has 0 saturated carbocycles. The second kappa shape index (κ2) is 11.1. The first-order valence-corrected chi connectivity index (χ1v) is 8.56. The van der Waals surface area contributed by atoms with E-state index < -0.39 is 23.7 Å². The Labute approximate surface area is 152 Å². The number of nitrogens with one attached hydrogen (secondary N) is 3. The number of carbonyl (C=O) groups is 3. The minimum Gasteiger partial charge on any atom is -0.450 e. The smallest absolute Gasteiger partial charge is 0.407 e. The summed E-state index contributed by atoms with van der Waals surface area (Å²) in [4.78, 5) is 35.3. The van der Waals surface area contributed by atoms with Gasteiger partial charge in [-0.2, -0.15) is 0 Å². The van der Waals surface area contributed by atoms with Crippen molar-refractivity contribution in [3.05, 3.63) is 35.6 Å². The SMILES string of the molecule is CCOC(=O)NC(CNC(=O)CNC(=O)c1ccccc1F)CC(C)C. The number of amides is 3. The van der Waals surface area contributed by atoms with E-state index in [0.29, 0.717) is 12.3 Å². The van der Waals surface area contributed by atoms with Crippen molar-refractivity contribution < 1.29 is 23.5 Å². The van der Waals surface area contributed by atoms with Crippen molar-refractivity contribution in [2.24, 2.45) is 5.92 Å². The van der Waals surface area contributed by atoms with Crippen molar-refractivity contribution in [3.63, 3.8) is 0 Å². The van der Waals surface area contributed by atoms with E-state index in [-0.39, 0.29) is 31.3 Å². The van der Waals surface area contributed by atoms with Crippen LogP contribution >= 0.6 is 0 Å². The van der Waals surface area contributed by atoms with Crippen LogP contribution in [0.2, 0.25) is 0 Å². The molecule has 1 rings (SSSR count). The summed E-state index contributed by atoms with van der Waals surface area (Å²) in [5.74, 6) is -1.45. The third-order valence-electron chi connectivity index (χ3n) is 3.43. The molecular weight excluding hydrogens is 341 g/mol. The van der Waals surface area contributed by atoms with Gasteiger partial charge in [0.25, 0.3) is 5.91 Å². The molecule has 1 aromatic rings. The maximum absolute atomic E-state index is 13.5. The Morgan fingerprint density at radius 1 is 1.15 bits per heavy atom. The van der Waals surface area contributed by atoms with Crippen molar-refractivity contribution in [1.82, 2.24) is 16.0 Å². The van der Waals surface area contributed by atoms with Crippen LogP contribution in [0.25, 0.3) is 0 Å². The number of hydrogen-bond donors (Lipinski definition) is 3. The highest BCUT2D eigenvalue weighted by molar-refractivity contribution is 5.96. The first kappa shape index (κ1) is 21.4. The van der Waals surface area contributed by atoms with Gasteiger partial charge in [0.15, 0.2) is 0 Å². The van der Waals surface area contributed by atoms with Crippen LogP contribution in [0.1, 0.15) is 37.6 Å². The molecular formula is C18H26FN3O4. The van der Waals surface area contributed by atoms with Crippen molar-refractivity contribution in [2.45, 2.75) is 33.2 Å². The van der Waals surface area contributed by atoms with Gasteiger partial charge < -0.3 is 20.7 Å². The molecule has 1 aromatic carbocycles. The minimum atomic E-state index is -0.665. The van der Waals surface area contributed by atoms with E-state index in [0.717, 1.165) is 0 Å². The van der Waals surface area contributed by atoms with Gasteiger partial charge in [-0.1, -0.05) is 26.0 Å². The predicted molar refractivity (Wildman–Crippen MR) is 95.1 cm³/mol. The summed E-state index contributed by atoms with van der Waals surface area (Å²) in [6, 6.07) is 5.23. The van der Waals surface area contributed by atoms with Crippen LogP contribution in [0.15, 0.2) is 24.3 Å². The molecule has 1 unspecified atom stereocenters. The fourth-order valence-electron chi connectivity index (χ4n) is 2.30. The number of hydrogen-bond acceptors (Lipinski definition) is 4. The maximum atomic E-state index is 13.5. The standard InChI is InChI=1S/C18H26FN3O4/c1-4-26-18(25)22-13(9-12(2)3)10-20-16(23)11-21-17(24)14-7-5-6-8-15(14)19/h5-8,12-13H,4,9-11H2,1-3H3,(H,20,23)(H,21,24)(H,22,25). The first-order valence-electron chi connectivity index (χ1n) is 8.56. The summed E-state index contributed by atoms with van der Waals surface area (Å²) in [6.45, 7) is 5.87. The lowest BCUT2D eigenvalue weighted by molar-refractivity contribution is -0.120. The molecule has 0 aliphatic heterocycles. The number of alkyl carbamates (subject to hydrolysis) is 1. The lowest BCUT2D eigenvalue weighted by Gasteiger charge is -2.20. The van der Waals surface area contributed by atoms with E-state index in [1.54, 1.807) is 6.92 Å². The van der Waals surface area contributed by atoms with Crippen molar-refractivity contribution in [1.29, 1.82) is 0 Å². The molecule has 0 radical (unpaired) electrons. The Morgan fingerprint density at radius 3 is 2.46 bits per heavy atom.